The molecule has 0 bridgehead atoms. The van der Waals surface area contributed by atoms with Gasteiger partial charge in [-0.3, -0.25) is 0 Å². The first kappa shape index (κ1) is 16.7. The van der Waals surface area contributed by atoms with Crippen LogP contribution in [0.25, 0.3) is 0 Å². The molecule has 6 heteroatoms. The van der Waals surface area contributed by atoms with E-state index in [1.165, 1.54) is 12.8 Å². The average molecular weight is 314 g/mol. The van der Waals surface area contributed by atoms with Crippen LogP contribution in [0.15, 0.2) is 30.3 Å². The molecule has 0 aliphatic heterocycles. The van der Waals surface area contributed by atoms with Crippen LogP contribution in [0.1, 0.15) is 42.4 Å². The van der Waals surface area contributed by atoms with Crippen LogP contribution in [0.5, 0.6) is 0 Å². The van der Waals surface area contributed by atoms with E-state index >= 15 is 0 Å². The molecule has 0 unspecified atom stereocenters. The molecule has 2 rings (SSSR count). The third kappa shape index (κ3) is 5.25. The number of aromatic carboxylic acids is 1. The molecule has 0 radical (unpaired) electrons. The number of carboxylic acid groups (broad SMARTS) is 1. The monoisotopic (exact) mass is 314 g/mol. The first-order valence-corrected chi connectivity index (χ1v) is 7.78. The smallest absolute Gasteiger partial charge is 0.335 e. The van der Waals surface area contributed by atoms with Gasteiger partial charge in [0.2, 0.25) is 0 Å². The Hall–Kier alpha value is -2.63. The normalized spacial score (nSPS) is 10.3. The molecule has 1 heterocycles. The zero-order valence-electron chi connectivity index (χ0n) is 13.5. The Morgan fingerprint density at radius 1 is 1.13 bits per heavy atom. The van der Waals surface area contributed by atoms with Crippen molar-refractivity contribution in [2.24, 2.45) is 0 Å². The molecule has 0 fully saturated rings. The lowest BCUT2D eigenvalue weighted by Gasteiger charge is -2.10. The van der Waals surface area contributed by atoms with Crippen molar-refractivity contribution >= 4 is 23.3 Å². The maximum absolute atomic E-state index is 10.9. The summed E-state index contributed by atoms with van der Waals surface area (Å²) >= 11 is 0. The van der Waals surface area contributed by atoms with Gasteiger partial charge in [0.05, 0.1) is 5.56 Å². The molecule has 0 aliphatic rings. The van der Waals surface area contributed by atoms with Crippen molar-refractivity contribution in [2.75, 3.05) is 17.2 Å². The first-order chi connectivity index (χ1) is 11.1. The zero-order valence-corrected chi connectivity index (χ0v) is 13.5. The third-order valence-corrected chi connectivity index (χ3v) is 3.33. The molecule has 0 amide bonds. The predicted molar refractivity (Wildman–Crippen MR) is 91.5 cm³/mol. The van der Waals surface area contributed by atoms with Crippen molar-refractivity contribution in [1.82, 2.24) is 9.97 Å². The van der Waals surface area contributed by atoms with E-state index in [2.05, 4.69) is 27.5 Å². The number of unbranched alkanes of at least 4 members (excludes halogenated alkanes) is 2. The molecular weight excluding hydrogens is 292 g/mol. The summed E-state index contributed by atoms with van der Waals surface area (Å²) in [6.07, 6.45) is 3.49. The number of benzene rings is 1. The number of aromatic nitrogens is 2. The standard InChI is InChI=1S/C17H22N4O2/c1-3-4-5-10-18-15-11-16(20-12(2)19-15)21-14-8-6-13(7-9-14)17(22)23/h6-9,11H,3-5,10H2,1-2H3,(H,22,23)(H2,18,19,20,21). The maximum Gasteiger partial charge on any atom is 0.335 e. The molecule has 1 aromatic heterocycles. The van der Waals surface area contributed by atoms with Gasteiger partial charge < -0.3 is 15.7 Å². The Morgan fingerprint density at radius 3 is 2.48 bits per heavy atom. The molecule has 3 N–H and O–H groups in total. The van der Waals surface area contributed by atoms with E-state index in [-0.39, 0.29) is 5.56 Å². The van der Waals surface area contributed by atoms with Crippen molar-refractivity contribution in [3.8, 4) is 0 Å². The summed E-state index contributed by atoms with van der Waals surface area (Å²) in [6, 6.07) is 8.40. The third-order valence-electron chi connectivity index (χ3n) is 3.33. The number of carbonyl (C=O) groups is 1. The Balaban J connectivity index is 2.04. The van der Waals surface area contributed by atoms with E-state index < -0.39 is 5.97 Å². The van der Waals surface area contributed by atoms with Crippen LogP contribution in [-0.4, -0.2) is 27.6 Å². The molecule has 6 nitrogen and oxygen atoms in total. The van der Waals surface area contributed by atoms with Crippen molar-refractivity contribution in [3.63, 3.8) is 0 Å². The maximum atomic E-state index is 10.9. The Morgan fingerprint density at radius 2 is 1.83 bits per heavy atom. The number of nitrogens with zero attached hydrogens (tertiary/aromatic N) is 2. The second-order valence-electron chi connectivity index (χ2n) is 5.33. The van der Waals surface area contributed by atoms with Gasteiger partial charge in [0, 0.05) is 18.3 Å². The van der Waals surface area contributed by atoms with Gasteiger partial charge in [-0.05, 0) is 37.6 Å². The fourth-order valence-corrected chi connectivity index (χ4v) is 2.16. The number of anilines is 3. The van der Waals surface area contributed by atoms with Crippen molar-refractivity contribution in [3.05, 3.63) is 41.7 Å². The lowest BCUT2D eigenvalue weighted by atomic mass is 10.2. The van der Waals surface area contributed by atoms with Gasteiger partial charge in [-0.25, -0.2) is 14.8 Å². The van der Waals surface area contributed by atoms with Gasteiger partial charge in [-0.2, -0.15) is 0 Å². The largest absolute Gasteiger partial charge is 0.478 e. The summed E-state index contributed by atoms with van der Waals surface area (Å²) in [5.74, 6) is 1.21. The molecule has 0 aliphatic carbocycles. The van der Waals surface area contributed by atoms with E-state index in [0.717, 1.165) is 24.5 Å². The topological polar surface area (TPSA) is 87.1 Å². The minimum atomic E-state index is -0.937. The van der Waals surface area contributed by atoms with Crippen molar-refractivity contribution < 1.29 is 9.90 Å². The van der Waals surface area contributed by atoms with E-state index in [1.54, 1.807) is 24.3 Å². The number of hydrogen-bond donors (Lipinski definition) is 3. The Labute approximate surface area is 136 Å². The lowest BCUT2D eigenvalue weighted by Crippen LogP contribution is -2.06. The molecule has 0 saturated heterocycles. The summed E-state index contributed by atoms with van der Waals surface area (Å²) in [6.45, 7) is 4.90. The van der Waals surface area contributed by atoms with Crippen LogP contribution in [0.3, 0.4) is 0 Å². The summed E-state index contributed by atoms with van der Waals surface area (Å²) in [4.78, 5) is 19.6. The zero-order chi connectivity index (χ0) is 16.7. The minimum absolute atomic E-state index is 0.257. The highest BCUT2D eigenvalue weighted by atomic mass is 16.4. The van der Waals surface area contributed by atoms with Crippen LogP contribution in [0, 0.1) is 6.92 Å². The number of carboxylic acids is 1. The lowest BCUT2D eigenvalue weighted by molar-refractivity contribution is 0.0697. The first-order valence-electron chi connectivity index (χ1n) is 7.78. The second kappa shape index (κ2) is 8.12. The second-order valence-corrected chi connectivity index (χ2v) is 5.33. The SMILES string of the molecule is CCCCCNc1cc(Nc2ccc(C(=O)O)cc2)nc(C)n1. The number of hydrogen-bond acceptors (Lipinski definition) is 5. The molecule has 0 spiro atoms. The van der Waals surface area contributed by atoms with Crippen LogP contribution < -0.4 is 10.6 Å². The Bertz CT molecular complexity index is 656. The van der Waals surface area contributed by atoms with Gasteiger partial charge in [0.15, 0.2) is 0 Å². The molecule has 0 atom stereocenters. The van der Waals surface area contributed by atoms with Crippen LogP contribution in [-0.2, 0) is 0 Å². The average Bonchev–Trinajstić information content (AvgIpc) is 2.51. The Kier molecular flexibility index (Phi) is 5.91. The van der Waals surface area contributed by atoms with Gasteiger partial charge in [-0.15, -0.1) is 0 Å². The molecule has 23 heavy (non-hydrogen) atoms. The van der Waals surface area contributed by atoms with Crippen molar-refractivity contribution in [2.45, 2.75) is 33.1 Å². The fraction of sp³-hybridized carbons (Fsp3) is 0.353. The van der Waals surface area contributed by atoms with E-state index in [9.17, 15) is 4.79 Å². The van der Waals surface area contributed by atoms with Gasteiger partial charge in [-0.1, -0.05) is 19.8 Å². The van der Waals surface area contributed by atoms with Crippen molar-refractivity contribution in [1.29, 1.82) is 0 Å². The predicted octanol–water partition coefficient (Wildman–Crippen LogP) is 3.83. The summed E-state index contributed by atoms with van der Waals surface area (Å²) in [7, 11) is 0. The highest BCUT2D eigenvalue weighted by Crippen LogP contribution is 2.18. The van der Waals surface area contributed by atoms with Gasteiger partial charge in [0.1, 0.15) is 17.5 Å². The number of rotatable bonds is 8. The molecule has 0 saturated carbocycles. The molecule has 122 valence electrons. The van der Waals surface area contributed by atoms with Gasteiger partial charge in [0.25, 0.3) is 0 Å². The van der Waals surface area contributed by atoms with E-state index in [4.69, 9.17) is 5.11 Å². The summed E-state index contributed by atoms with van der Waals surface area (Å²) in [5, 5.41) is 15.4. The molecule has 1 aromatic carbocycles. The summed E-state index contributed by atoms with van der Waals surface area (Å²) in [5.41, 5.74) is 1.04. The highest BCUT2D eigenvalue weighted by molar-refractivity contribution is 5.88. The minimum Gasteiger partial charge on any atom is -0.478 e. The quantitative estimate of drug-likeness (QED) is 0.642. The van der Waals surface area contributed by atoms with Gasteiger partial charge >= 0.3 is 5.97 Å². The van der Waals surface area contributed by atoms with E-state index in [0.29, 0.717) is 11.6 Å². The molecular formula is C17H22N4O2. The van der Waals surface area contributed by atoms with E-state index in [1.807, 2.05) is 13.0 Å². The number of aryl methyl sites for hydroxylation is 1. The fourth-order valence-electron chi connectivity index (χ4n) is 2.16. The number of nitrogens with one attached hydrogen (secondary N) is 2. The molecule has 2 aromatic rings. The van der Waals surface area contributed by atoms with Crippen LogP contribution in [0.2, 0.25) is 0 Å². The van der Waals surface area contributed by atoms with Crippen LogP contribution in [0.4, 0.5) is 17.3 Å². The summed E-state index contributed by atoms with van der Waals surface area (Å²) < 4.78 is 0. The van der Waals surface area contributed by atoms with Crippen LogP contribution >= 0.6 is 0 Å². The highest BCUT2D eigenvalue weighted by Gasteiger charge is 2.04.